The third-order valence-electron chi connectivity index (χ3n) is 2.62. The number of aromatic nitrogens is 1. The number of nitrogens with zero attached hydrogens (tertiary/aromatic N) is 2. The van der Waals surface area contributed by atoms with E-state index in [9.17, 15) is 4.79 Å². The molecule has 0 saturated carbocycles. The van der Waals surface area contributed by atoms with E-state index in [4.69, 9.17) is 10.4 Å². The number of carboxylic acid groups (broad SMARTS) is 1. The van der Waals surface area contributed by atoms with Crippen LogP contribution in [0, 0.1) is 11.3 Å². The average molecular weight is 214 g/mol. The minimum absolute atomic E-state index is 0.577. The molecule has 0 bridgehead atoms. The van der Waals surface area contributed by atoms with E-state index < -0.39 is 12.0 Å². The molecule has 0 radical (unpaired) electrons. The van der Waals surface area contributed by atoms with Crippen molar-refractivity contribution in [3.8, 4) is 6.07 Å². The lowest BCUT2D eigenvalue weighted by Gasteiger charge is -2.09. The molecule has 1 aromatic carbocycles. The minimum atomic E-state index is -0.873. The maximum absolute atomic E-state index is 10.9. The van der Waals surface area contributed by atoms with Crippen LogP contribution < -0.4 is 0 Å². The molecule has 16 heavy (non-hydrogen) atoms. The summed E-state index contributed by atoms with van der Waals surface area (Å²) in [5.74, 6) is -0.873. The number of hydrogen-bond donors (Lipinski definition) is 1. The van der Waals surface area contributed by atoms with E-state index in [1.807, 2.05) is 6.07 Å². The Balaban J connectivity index is 2.59. The van der Waals surface area contributed by atoms with Crippen LogP contribution in [0.25, 0.3) is 10.9 Å². The third kappa shape index (κ3) is 1.52. The van der Waals surface area contributed by atoms with E-state index in [2.05, 4.69) is 6.07 Å². The van der Waals surface area contributed by atoms with Crippen LogP contribution in [0.2, 0.25) is 0 Å². The van der Waals surface area contributed by atoms with Gasteiger partial charge < -0.3 is 9.67 Å². The van der Waals surface area contributed by atoms with Gasteiger partial charge in [-0.1, -0.05) is 0 Å². The van der Waals surface area contributed by atoms with Crippen LogP contribution in [0.3, 0.4) is 0 Å². The first kappa shape index (κ1) is 10.2. The fraction of sp³-hybridized carbons (Fsp3) is 0.167. The first-order chi connectivity index (χ1) is 7.63. The van der Waals surface area contributed by atoms with Gasteiger partial charge in [0.2, 0.25) is 0 Å². The van der Waals surface area contributed by atoms with E-state index in [1.165, 1.54) is 0 Å². The highest BCUT2D eigenvalue weighted by Crippen LogP contribution is 2.21. The molecular weight excluding hydrogens is 204 g/mol. The smallest absolute Gasteiger partial charge is 0.326 e. The Morgan fingerprint density at radius 1 is 1.50 bits per heavy atom. The maximum Gasteiger partial charge on any atom is 0.326 e. The lowest BCUT2D eigenvalue weighted by atomic mass is 10.2. The first-order valence-corrected chi connectivity index (χ1v) is 4.87. The fourth-order valence-electron chi connectivity index (χ4n) is 1.69. The van der Waals surface area contributed by atoms with Crippen LogP contribution in [-0.2, 0) is 4.79 Å². The molecule has 1 N–H and O–H groups in total. The van der Waals surface area contributed by atoms with Gasteiger partial charge in [-0.2, -0.15) is 5.26 Å². The summed E-state index contributed by atoms with van der Waals surface area (Å²) in [5, 5.41) is 18.6. The fourth-order valence-corrected chi connectivity index (χ4v) is 1.69. The van der Waals surface area contributed by atoms with Crippen LogP contribution in [0.15, 0.2) is 30.5 Å². The second kappa shape index (κ2) is 3.70. The van der Waals surface area contributed by atoms with Gasteiger partial charge in [0.15, 0.2) is 0 Å². The minimum Gasteiger partial charge on any atom is -0.480 e. The van der Waals surface area contributed by atoms with Crippen molar-refractivity contribution in [2.24, 2.45) is 0 Å². The molecule has 0 aliphatic rings. The molecule has 0 amide bonds. The van der Waals surface area contributed by atoms with Crippen molar-refractivity contribution >= 4 is 16.9 Å². The number of rotatable bonds is 2. The van der Waals surface area contributed by atoms with E-state index in [1.54, 1.807) is 35.9 Å². The number of fused-ring (bicyclic) bond motifs is 1. The van der Waals surface area contributed by atoms with Gasteiger partial charge in [0.05, 0.1) is 11.6 Å². The SMILES string of the molecule is CC(C(=O)O)n1ccc2cc(C#N)ccc21. The normalized spacial score (nSPS) is 12.2. The van der Waals surface area contributed by atoms with Crippen LogP contribution in [0.4, 0.5) is 0 Å². The van der Waals surface area contributed by atoms with Crippen molar-refractivity contribution in [2.45, 2.75) is 13.0 Å². The molecule has 2 aromatic rings. The Bertz CT molecular complexity index is 593. The first-order valence-electron chi connectivity index (χ1n) is 4.87. The molecule has 4 heteroatoms. The number of benzene rings is 1. The van der Waals surface area contributed by atoms with Crippen LogP contribution in [0.1, 0.15) is 18.5 Å². The maximum atomic E-state index is 10.9. The van der Waals surface area contributed by atoms with Gasteiger partial charge in [-0.25, -0.2) is 4.79 Å². The molecule has 1 atom stereocenters. The second-order valence-electron chi connectivity index (χ2n) is 3.62. The van der Waals surface area contributed by atoms with Crippen LogP contribution in [0.5, 0.6) is 0 Å². The molecular formula is C12H10N2O2. The summed E-state index contributed by atoms with van der Waals surface area (Å²) in [7, 11) is 0. The van der Waals surface area contributed by atoms with Gasteiger partial charge in [0, 0.05) is 17.1 Å². The molecule has 1 aromatic heterocycles. The van der Waals surface area contributed by atoms with Crippen molar-refractivity contribution < 1.29 is 9.90 Å². The summed E-state index contributed by atoms with van der Waals surface area (Å²) in [6, 6.07) is 8.47. The van der Waals surface area contributed by atoms with Gasteiger partial charge in [0.1, 0.15) is 6.04 Å². The molecule has 2 rings (SSSR count). The van der Waals surface area contributed by atoms with Crippen molar-refractivity contribution in [3.63, 3.8) is 0 Å². The predicted octanol–water partition coefficient (Wildman–Crippen LogP) is 2.16. The molecule has 0 aliphatic carbocycles. The number of hydrogen-bond acceptors (Lipinski definition) is 2. The number of nitriles is 1. The highest BCUT2D eigenvalue weighted by atomic mass is 16.4. The lowest BCUT2D eigenvalue weighted by molar-refractivity contribution is -0.140. The van der Waals surface area contributed by atoms with Gasteiger partial charge in [0.25, 0.3) is 0 Å². The number of aliphatic carboxylic acids is 1. The Labute approximate surface area is 92.3 Å². The molecule has 0 spiro atoms. The Morgan fingerprint density at radius 2 is 2.25 bits per heavy atom. The van der Waals surface area contributed by atoms with Crippen LogP contribution >= 0.6 is 0 Å². The summed E-state index contributed by atoms with van der Waals surface area (Å²) >= 11 is 0. The van der Waals surface area contributed by atoms with Crippen molar-refractivity contribution in [1.82, 2.24) is 4.57 Å². The summed E-state index contributed by atoms with van der Waals surface area (Å²) in [5.41, 5.74) is 1.40. The molecule has 0 saturated heterocycles. The Morgan fingerprint density at radius 3 is 2.88 bits per heavy atom. The molecule has 4 nitrogen and oxygen atoms in total. The monoisotopic (exact) mass is 214 g/mol. The van der Waals surface area contributed by atoms with Crippen molar-refractivity contribution in [3.05, 3.63) is 36.0 Å². The van der Waals surface area contributed by atoms with E-state index in [0.29, 0.717) is 5.56 Å². The average Bonchev–Trinajstić information content (AvgIpc) is 2.70. The molecule has 0 fully saturated rings. The van der Waals surface area contributed by atoms with E-state index in [0.717, 1.165) is 10.9 Å². The van der Waals surface area contributed by atoms with Gasteiger partial charge in [-0.3, -0.25) is 0 Å². The number of carboxylic acids is 1. The summed E-state index contributed by atoms with van der Waals surface area (Å²) in [6.07, 6.45) is 1.73. The van der Waals surface area contributed by atoms with Gasteiger partial charge in [-0.15, -0.1) is 0 Å². The standard InChI is InChI=1S/C12H10N2O2/c1-8(12(15)16)14-5-4-10-6-9(7-13)2-3-11(10)14/h2-6,8H,1H3,(H,15,16). The Kier molecular flexibility index (Phi) is 2.37. The quantitative estimate of drug-likeness (QED) is 0.832. The van der Waals surface area contributed by atoms with E-state index >= 15 is 0 Å². The zero-order chi connectivity index (χ0) is 11.7. The molecule has 1 heterocycles. The summed E-state index contributed by atoms with van der Waals surface area (Å²) in [4.78, 5) is 10.9. The largest absolute Gasteiger partial charge is 0.480 e. The molecule has 1 unspecified atom stereocenters. The van der Waals surface area contributed by atoms with Gasteiger partial charge >= 0.3 is 5.97 Å². The van der Waals surface area contributed by atoms with Crippen molar-refractivity contribution in [2.75, 3.05) is 0 Å². The number of carbonyl (C=O) groups is 1. The summed E-state index contributed by atoms with van der Waals surface area (Å²) < 4.78 is 1.68. The molecule has 80 valence electrons. The van der Waals surface area contributed by atoms with Crippen molar-refractivity contribution in [1.29, 1.82) is 5.26 Å². The summed E-state index contributed by atoms with van der Waals surface area (Å²) in [6.45, 7) is 1.62. The highest BCUT2D eigenvalue weighted by Gasteiger charge is 2.14. The zero-order valence-electron chi connectivity index (χ0n) is 8.71. The predicted molar refractivity (Wildman–Crippen MR) is 59.0 cm³/mol. The van der Waals surface area contributed by atoms with Gasteiger partial charge in [-0.05, 0) is 31.2 Å². The highest BCUT2D eigenvalue weighted by molar-refractivity contribution is 5.84. The lowest BCUT2D eigenvalue weighted by Crippen LogP contribution is -2.14. The molecule has 0 aliphatic heterocycles. The third-order valence-corrected chi connectivity index (χ3v) is 2.62. The topological polar surface area (TPSA) is 66.0 Å². The van der Waals surface area contributed by atoms with E-state index in [-0.39, 0.29) is 0 Å². The second-order valence-corrected chi connectivity index (χ2v) is 3.62. The Hall–Kier alpha value is -2.28. The zero-order valence-corrected chi connectivity index (χ0v) is 8.71. The van der Waals surface area contributed by atoms with Crippen LogP contribution in [-0.4, -0.2) is 15.6 Å².